The molecular formula is C13H26FN. The summed E-state index contributed by atoms with van der Waals surface area (Å²) in [5.41, 5.74) is 4.91. The number of nitrogens with two attached hydrogens (primary N) is 1. The number of unbranched alkanes of at least 4 members (excludes halogenated alkanes) is 4. The minimum absolute atomic E-state index is 0.258. The second-order valence-corrected chi connectivity index (χ2v) is 5.15. The first-order valence-electron chi connectivity index (χ1n) is 6.61. The van der Waals surface area contributed by atoms with Crippen molar-refractivity contribution in [1.29, 1.82) is 0 Å². The summed E-state index contributed by atoms with van der Waals surface area (Å²) in [5.74, 6) is 0. The Balaban J connectivity index is 2.08. The molecule has 0 unspecified atom stereocenters. The van der Waals surface area contributed by atoms with Gasteiger partial charge in [-0.25, -0.2) is 4.39 Å². The predicted octanol–water partition coefficient (Wildman–Crippen LogP) is 3.96. The van der Waals surface area contributed by atoms with Gasteiger partial charge >= 0.3 is 0 Å². The highest BCUT2D eigenvalue weighted by molar-refractivity contribution is 4.87. The molecule has 1 nitrogen and oxygen atoms in total. The van der Waals surface area contributed by atoms with E-state index in [0.717, 1.165) is 25.7 Å². The number of alkyl halides is 1. The lowest BCUT2D eigenvalue weighted by atomic mass is 9.81. The van der Waals surface area contributed by atoms with Crippen molar-refractivity contribution in [2.24, 2.45) is 5.73 Å². The van der Waals surface area contributed by atoms with E-state index < -0.39 is 5.67 Å². The normalized spacial score (nSPS) is 31.8. The van der Waals surface area contributed by atoms with Crippen LogP contribution in [0.4, 0.5) is 4.39 Å². The van der Waals surface area contributed by atoms with E-state index in [4.69, 9.17) is 5.73 Å². The standard InChI is InChI=1S/C13H26FN/c1-2-3-4-5-6-9-13(14)10-7-12(15)8-11-13/h12H,2-11,15H2,1H3. The van der Waals surface area contributed by atoms with Crippen LogP contribution in [0.2, 0.25) is 0 Å². The molecule has 0 aliphatic heterocycles. The molecule has 1 fully saturated rings. The van der Waals surface area contributed by atoms with E-state index in [9.17, 15) is 4.39 Å². The van der Waals surface area contributed by atoms with Gasteiger partial charge in [0, 0.05) is 6.04 Å². The summed E-state index contributed by atoms with van der Waals surface area (Å²) in [6.45, 7) is 2.21. The molecule has 0 spiro atoms. The number of rotatable bonds is 6. The van der Waals surface area contributed by atoms with Crippen molar-refractivity contribution < 1.29 is 4.39 Å². The molecule has 0 heterocycles. The first-order chi connectivity index (χ1) is 7.16. The average molecular weight is 215 g/mol. The fourth-order valence-electron chi connectivity index (χ4n) is 2.45. The summed E-state index contributed by atoms with van der Waals surface area (Å²) >= 11 is 0. The molecule has 1 aliphatic rings. The summed E-state index contributed by atoms with van der Waals surface area (Å²) in [5, 5.41) is 0. The van der Waals surface area contributed by atoms with E-state index in [0.29, 0.717) is 12.8 Å². The molecule has 90 valence electrons. The smallest absolute Gasteiger partial charge is 0.111 e. The molecule has 0 aromatic heterocycles. The van der Waals surface area contributed by atoms with Gasteiger partial charge in [-0.3, -0.25) is 0 Å². The summed E-state index contributed by atoms with van der Waals surface area (Å²) in [7, 11) is 0. The molecule has 0 bridgehead atoms. The Morgan fingerprint density at radius 3 is 2.33 bits per heavy atom. The van der Waals surface area contributed by atoms with Crippen LogP contribution in [0.5, 0.6) is 0 Å². The predicted molar refractivity (Wildman–Crippen MR) is 63.7 cm³/mol. The fraction of sp³-hybridized carbons (Fsp3) is 1.00. The lowest BCUT2D eigenvalue weighted by Gasteiger charge is -2.32. The van der Waals surface area contributed by atoms with Gasteiger partial charge in [0.1, 0.15) is 5.67 Å². The van der Waals surface area contributed by atoms with Crippen molar-refractivity contribution in [3.05, 3.63) is 0 Å². The second kappa shape index (κ2) is 6.47. The highest BCUT2D eigenvalue weighted by Gasteiger charge is 2.33. The molecule has 0 aromatic carbocycles. The maximum absolute atomic E-state index is 14.2. The fourth-order valence-corrected chi connectivity index (χ4v) is 2.45. The van der Waals surface area contributed by atoms with Gasteiger partial charge in [0.25, 0.3) is 0 Å². The first-order valence-corrected chi connectivity index (χ1v) is 6.61. The molecule has 1 saturated carbocycles. The van der Waals surface area contributed by atoms with Crippen LogP contribution in [0.1, 0.15) is 71.1 Å². The van der Waals surface area contributed by atoms with Crippen LogP contribution in [0, 0.1) is 0 Å². The zero-order valence-corrected chi connectivity index (χ0v) is 10.1. The van der Waals surface area contributed by atoms with E-state index in [1.54, 1.807) is 0 Å². The van der Waals surface area contributed by atoms with Crippen molar-refractivity contribution in [1.82, 2.24) is 0 Å². The van der Waals surface area contributed by atoms with Crippen molar-refractivity contribution >= 4 is 0 Å². The van der Waals surface area contributed by atoms with Crippen LogP contribution < -0.4 is 5.73 Å². The molecule has 0 atom stereocenters. The van der Waals surface area contributed by atoms with Gasteiger partial charge < -0.3 is 5.73 Å². The lowest BCUT2D eigenvalue weighted by molar-refractivity contribution is 0.0857. The van der Waals surface area contributed by atoms with Crippen molar-refractivity contribution in [2.45, 2.75) is 82.8 Å². The van der Waals surface area contributed by atoms with Crippen LogP contribution in [0.15, 0.2) is 0 Å². The SMILES string of the molecule is CCCCCCCC1(F)CCC(N)CC1. The Bertz CT molecular complexity index is 162. The number of hydrogen-bond donors (Lipinski definition) is 1. The summed E-state index contributed by atoms with van der Waals surface area (Å²) in [6.07, 6.45) is 10.0. The second-order valence-electron chi connectivity index (χ2n) is 5.15. The molecule has 1 aliphatic carbocycles. The maximum Gasteiger partial charge on any atom is 0.111 e. The molecular weight excluding hydrogens is 189 g/mol. The highest BCUT2D eigenvalue weighted by atomic mass is 19.1. The maximum atomic E-state index is 14.2. The summed E-state index contributed by atoms with van der Waals surface area (Å²) < 4.78 is 14.2. The molecule has 0 radical (unpaired) electrons. The van der Waals surface area contributed by atoms with E-state index in [-0.39, 0.29) is 6.04 Å². The third-order valence-electron chi connectivity index (χ3n) is 3.65. The van der Waals surface area contributed by atoms with Gasteiger partial charge in [-0.05, 0) is 32.1 Å². The molecule has 15 heavy (non-hydrogen) atoms. The summed E-state index contributed by atoms with van der Waals surface area (Å²) in [4.78, 5) is 0. The molecule has 0 saturated heterocycles. The number of halogens is 1. The van der Waals surface area contributed by atoms with E-state index in [1.165, 1.54) is 25.7 Å². The molecule has 2 N–H and O–H groups in total. The minimum Gasteiger partial charge on any atom is -0.328 e. The molecule has 0 aromatic rings. The molecule has 1 rings (SSSR count). The van der Waals surface area contributed by atoms with Crippen LogP contribution in [-0.4, -0.2) is 11.7 Å². The minimum atomic E-state index is -0.873. The van der Waals surface area contributed by atoms with Crippen LogP contribution in [0.25, 0.3) is 0 Å². The average Bonchev–Trinajstić information content (AvgIpc) is 2.23. The van der Waals surface area contributed by atoms with Crippen molar-refractivity contribution in [3.63, 3.8) is 0 Å². The third-order valence-corrected chi connectivity index (χ3v) is 3.65. The van der Waals surface area contributed by atoms with Gasteiger partial charge in [-0.1, -0.05) is 39.0 Å². The molecule has 0 amide bonds. The monoisotopic (exact) mass is 215 g/mol. The van der Waals surface area contributed by atoms with Gasteiger partial charge in [0.2, 0.25) is 0 Å². The Hall–Kier alpha value is -0.110. The number of hydrogen-bond acceptors (Lipinski definition) is 1. The quantitative estimate of drug-likeness (QED) is 0.667. The Morgan fingerprint density at radius 2 is 1.73 bits per heavy atom. The highest BCUT2D eigenvalue weighted by Crippen LogP contribution is 2.35. The largest absolute Gasteiger partial charge is 0.328 e. The van der Waals surface area contributed by atoms with E-state index >= 15 is 0 Å². The van der Waals surface area contributed by atoms with Crippen molar-refractivity contribution in [2.75, 3.05) is 0 Å². The topological polar surface area (TPSA) is 26.0 Å². The van der Waals surface area contributed by atoms with Gasteiger partial charge in [0.15, 0.2) is 0 Å². The van der Waals surface area contributed by atoms with E-state index in [1.807, 2.05) is 0 Å². The lowest BCUT2D eigenvalue weighted by Crippen LogP contribution is -2.35. The Morgan fingerprint density at radius 1 is 1.13 bits per heavy atom. The Kier molecular flexibility index (Phi) is 5.59. The van der Waals surface area contributed by atoms with Crippen LogP contribution in [0.3, 0.4) is 0 Å². The van der Waals surface area contributed by atoms with Crippen LogP contribution >= 0.6 is 0 Å². The van der Waals surface area contributed by atoms with Gasteiger partial charge in [-0.15, -0.1) is 0 Å². The van der Waals surface area contributed by atoms with Crippen LogP contribution in [-0.2, 0) is 0 Å². The zero-order chi connectivity index (χ0) is 11.1. The first kappa shape index (κ1) is 13.0. The van der Waals surface area contributed by atoms with E-state index in [2.05, 4.69) is 6.92 Å². The third kappa shape index (κ3) is 4.96. The zero-order valence-electron chi connectivity index (χ0n) is 10.1. The van der Waals surface area contributed by atoms with Crippen molar-refractivity contribution in [3.8, 4) is 0 Å². The summed E-state index contributed by atoms with van der Waals surface area (Å²) in [6, 6.07) is 0.258. The van der Waals surface area contributed by atoms with Gasteiger partial charge in [-0.2, -0.15) is 0 Å². The Labute approximate surface area is 93.6 Å². The molecule has 2 heteroatoms. The van der Waals surface area contributed by atoms with Gasteiger partial charge in [0.05, 0.1) is 0 Å².